The van der Waals surface area contributed by atoms with E-state index in [1.807, 2.05) is 23.7 Å². The van der Waals surface area contributed by atoms with Crippen LogP contribution in [0.4, 0.5) is 0 Å². The number of aryl methyl sites for hydroxylation is 1. The van der Waals surface area contributed by atoms with Crippen LogP contribution in [0.25, 0.3) is 10.9 Å². The van der Waals surface area contributed by atoms with Gasteiger partial charge in [0.05, 0.1) is 4.47 Å². The number of halogens is 1. The Morgan fingerprint density at radius 2 is 2.04 bits per heavy atom. The van der Waals surface area contributed by atoms with Crippen LogP contribution in [0.3, 0.4) is 0 Å². The van der Waals surface area contributed by atoms with Crippen LogP contribution >= 0.6 is 15.9 Å². The van der Waals surface area contributed by atoms with Crippen molar-refractivity contribution in [2.45, 2.75) is 37.8 Å². The van der Waals surface area contributed by atoms with Gasteiger partial charge in [-0.05, 0) is 47.8 Å². The summed E-state index contributed by atoms with van der Waals surface area (Å²) in [7, 11) is 1.96. The zero-order chi connectivity index (χ0) is 16.0. The van der Waals surface area contributed by atoms with E-state index in [0.717, 1.165) is 34.0 Å². The van der Waals surface area contributed by atoms with Gasteiger partial charge in [0, 0.05) is 36.6 Å². The van der Waals surface area contributed by atoms with E-state index in [4.69, 9.17) is 0 Å². The number of carbonyl (C=O) groups excluding carboxylic acids is 1. The molecule has 2 aliphatic rings. The highest BCUT2D eigenvalue weighted by Crippen LogP contribution is 2.31. The summed E-state index contributed by atoms with van der Waals surface area (Å²) in [6, 6.07) is 8.93. The van der Waals surface area contributed by atoms with Crippen LogP contribution < -0.4 is 5.32 Å². The maximum absolute atomic E-state index is 12.9. The number of nitrogens with zero attached hydrogens (tertiary/aromatic N) is 2. The van der Waals surface area contributed by atoms with Crippen LogP contribution in [0.2, 0.25) is 0 Å². The highest BCUT2D eigenvalue weighted by atomic mass is 79.9. The lowest BCUT2D eigenvalue weighted by atomic mass is 9.99. The summed E-state index contributed by atoms with van der Waals surface area (Å²) in [6.07, 6.45) is 4.86. The van der Waals surface area contributed by atoms with Gasteiger partial charge in [-0.15, -0.1) is 0 Å². The number of rotatable bonds is 2. The third-order valence-electron chi connectivity index (χ3n) is 5.43. The predicted octanol–water partition coefficient (Wildman–Crippen LogP) is 3.30. The number of piperidine rings is 1. The molecular formula is C18H22BrN3O. The first-order valence-electron chi connectivity index (χ1n) is 8.44. The second-order valence-electron chi connectivity index (χ2n) is 6.71. The van der Waals surface area contributed by atoms with Gasteiger partial charge in [0.2, 0.25) is 0 Å². The molecule has 1 amide bonds. The van der Waals surface area contributed by atoms with Crippen molar-refractivity contribution in [3.63, 3.8) is 0 Å². The molecule has 1 N–H and O–H groups in total. The van der Waals surface area contributed by atoms with E-state index in [1.165, 1.54) is 25.8 Å². The number of amides is 1. The van der Waals surface area contributed by atoms with Gasteiger partial charge in [-0.2, -0.15) is 0 Å². The van der Waals surface area contributed by atoms with E-state index >= 15 is 0 Å². The van der Waals surface area contributed by atoms with Crippen LogP contribution in [0, 0.1) is 0 Å². The molecular weight excluding hydrogens is 354 g/mol. The summed E-state index contributed by atoms with van der Waals surface area (Å²) >= 11 is 3.63. The summed E-state index contributed by atoms with van der Waals surface area (Å²) in [6.45, 7) is 2.31. The third-order valence-corrected chi connectivity index (χ3v) is 6.24. The molecule has 4 rings (SSSR count). The van der Waals surface area contributed by atoms with Crippen LogP contribution in [-0.4, -0.2) is 40.5 Å². The minimum atomic E-state index is 0.0352. The number of benzene rings is 1. The monoisotopic (exact) mass is 375 g/mol. The molecule has 1 aromatic heterocycles. The summed E-state index contributed by atoms with van der Waals surface area (Å²) < 4.78 is 2.88. The molecule has 2 saturated heterocycles. The van der Waals surface area contributed by atoms with Crippen molar-refractivity contribution in [2.75, 3.05) is 13.1 Å². The zero-order valence-corrected chi connectivity index (χ0v) is 15.0. The van der Waals surface area contributed by atoms with Crippen LogP contribution in [0.1, 0.15) is 36.2 Å². The molecule has 0 radical (unpaired) electrons. The summed E-state index contributed by atoms with van der Waals surface area (Å²) in [5.74, 6) is 0.0352. The molecule has 0 unspecified atom stereocenters. The third kappa shape index (κ3) is 2.50. The molecule has 5 heteroatoms. The fourth-order valence-electron chi connectivity index (χ4n) is 4.25. The average molecular weight is 376 g/mol. The van der Waals surface area contributed by atoms with Crippen LogP contribution in [0.5, 0.6) is 0 Å². The van der Waals surface area contributed by atoms with Crippen molar-refractivity contribution in [2.24, 2.45) is 7.05 Å². The van der Waals surface area contributed by atoms with Crippen molar-refractivity contribution in [1.29, 1.82) is 0 Å². The van der Waals surface area contributed by atoms with E-state index in [0.29, 0.717) is 6.04 Å². The van der Waals surface area contributed by atoms with Crippen molar-refractivity contribution in [1.82, 2.24) is 14.8 Å². The minimum absolute atomic E-state index is 0.0352. The molecule has 0 bridgehead atoms. The Hall–Kier alpha value is -1.33. The quantitative estimate of drug-likeness (QED) is 0.874. The molecule has 1 aromatic carbocycles. The maximum atomic E-state index is 12.9. The molecule has 0 saturated carbocycles. The van der Waals surface area contributed by atoms with E-state index in [2.05, 4.69) is 38.3 Å². The second-order valence-corrected chi connectivity index (χ2v) is 7.50. The first kappa shape index (κ1) is 15.2. The summed E-state index contributed by atoms with van der Waals surface area (Å²) in [5.41, 5.74) is 1.80. The highest BCUT2D eigenvalue weighted by Gasteiger charge is 2.36. The van der Waals surface area contributed by atoms with Gasteiger partial charge in [0.25, 0.3) is 5.91 Å². The SMILES string of the molecule is Cn1c(C(=O)N[C@@H]2CCN3CCCC[C@H]23)c(Br)c2ccccc21. The smallest absolute Gasteiger partial charge is 0.269 e. The molecule has 122 valence electrons. The number of aromatic nitrogens is 1. The maximum Gasteiger partial charge on any atom is 0.269 e. The Kier molecular flexibility index (Phi) is 3.93. The molecule has 0 aliphatic carbocycles. The van der Waals surface area contributed by atoms with Gasteiger partial charge in [0.1, 0.15) is 5.69 Å². The van der Waals surface area contributed by atoms with E-state index in [9.17, 15) is 4.79 Å². The average Bonchev–Trinajstić information content (AvgIpc) is 3.08. The van der Waals surface area contributed by atoms with Crippen molar-refractivity contribution >= 4 is 32.7 Å². The van der Waals surface area contributed by atoms with Gasteiger partial charge < -0.3 is 9.88 Å². The number of carbonyl (C=O) groups is 1. The summed E-state index contributed by atoms with van der Waals surface area (Å²) in [4.78, 5) is 15.5. The van der Waals surface area contributed by atoms with Crippen LogP contribution in [0.15, 0.2) is 28.7 Å². The van der Waals surface area contributed by atoms with Crippen molar-refractivity contribution in [3.8, 4) is 0 Å². The number of nitrogens with one attached hydrogen (secondary N) is 1. The highest BCUT2D eigenvalue weighted by molar-refractivity contribution is 9.10. The van der Waals surface area contributed by atoms with Crippen LogP contribution in [-0.2, 0) is 7.05 Å². The number of para-hydroxylation sites is 1. The van der Waals surface area contributed by atoms with E-state index < -0.39 is 0 Å². The van der Waals surface area contributed by atoms with Crippen molar-refractivity contribution in [3.05, 3.63) is 34.4 Å². The summed E-state index contributed by atoms with van der Waals surface area (Å²) in [5, 5.41) is 4.39. The van der Waals surface area contributed by atoms with Gasteiger partial charge in [-0.1, -0.05) is 24.6 Å². The molecule has 4 nitrogen and oxygen atoms in total. The lowest BCUT2D eigenvalue weighted by Gasteiger charge is -2.32. The first-order chi connectivity index (χ1) is 11.2. The van der Waals surface area contributed by atoms with Gasteiger partial charge in [-0.25, -0.2) is 0 Å². The van der Waals surface area contributed by atoms with Gasteiger partial charge >= 0.3 is 0 Å². The molecule has 2 aliphatic heterocycles. The molecule has 3 heterocycles. The Labute approximate surface area is 145 Å². The lowest BCUT2D eigenvalue weighted by Crippen LogP contribution is -2.47. The normalized spacial score (nSPS) is 24.8. The Morgan fingerprint density at radius 3 is 2.87 bits per heavy atom. The Morgan fingerprint density at radius 1 is 1.22 bits per heavy atom. The fraction of sp³-hybridized carbons (Fsp3) is 0.500. The van der Waals surface area contributed by atoms with Gasteiger partial charge in [0.15, 0.2) is 0 Å². The number of hydrogen-bond donors (Lipinski definition) is 1. The fourth-order valence-corrected chi connectivity index (χ4v) is 5.03. The van der Waals surface area contributed by atoms with E-state index in [1.54, 1.807) is 0 Å². The largest absolute Gasteiger partial charge is 0.346 e. The minimum Gasteiger partial charge on any atom is -0.346 e. The Bertz CT molecular complexity index is 715. The first-order valence-corrected chi connectivity index (χ1v) is 9.24. The number of fused-ring (bicyclic) bond motifs is 2. The van der Waals surface area contributed by atoms with E-state index in [-0.39, 0.29) is 11.9 Å². The number of hydrogen-bond acceptors (Lipinski definition) is 2. The lowest BCUT2D eigenvalue weighted by molar-refractivity contribution is 0.0906. The molecule has 23 heavy (non-hydrogen) atoms. The molecule has 2 fully saturated rings. The molecule has 2 aromatic rings. The standard InChI is InChI=1S/C18H22BrN3O/c1-21-14-7-3-2-6-12(14)16(19)17(21)18(23)20-13-9-11-22-10-5-4-8-15(13)22/h2-3,6-7,13,15H,4-5,8-11H2,1H3,(H,20,23)/t13-,15-/m1/s1. The predicted molar refractivity (Wildman–Crippen MR) is 95.7 cm³/mol. The van der Waals surface area contributed by atoms with Crippen molar-refractivity contribution < 1.29 is 4.79 Å². The second kappa shape index (κ2) is 5.95. The van der Waals surface area contributed by atoms with Gasteiger partial charge in [-0.3, -0.25) is 9.69 Å². The Balaban J connectivity index is 1.60. The topological polar surface area (TPSA) is 37.3 Å². The molecule has 2 atom stereocenters. The molecule has 0 spiro atoms. The zero-order valence-electron chi connectivity index (χ0n) is 13.4.